The van der Waals surface area contributed by atoms with Gasteiger partial charge < -0.3 is 5.73 Å². The molecule has 0 fully saturated rings. The van der Waals surface area contributed by atoms with E-state index in [2.05, 4.69) is 4.98 Å². The van der Waals surface area contributed by atoms with E-state index in [1.165, 1.54) is 0 Å². The molecule has 0 unspecified atom stereocenters. The summed E-state index contributed by atoms with van der Waals surface area (Å²) in [6.45, 7) is 4.95. The van der Waals surface area contributed by atoms with Crippen molar-refractivity contribution in [1.82, 2.24) is 9.55 Å². The third-order valence-electron chi connectivity index (χ3n) is 2.53. The molecule has 0 spiro atoms. The smallest absolute Gasteiger partial charge is 0.262 e. The first-order valence-electron chi connectivity index (χ1n) is 4.80. The van der Waals surface area contributed by atoms with Crippen LogP contribution in [0.4, 0.5) is 0 Å². The molecule has 0 aromatic carbocycles. The SMILES string of the molecule is Cc1sc2ncn(CCN)c(=O)c2c1C. The van der Waals surface area contributed by atoms with Gasteiger partial charge in [0, 0.05) is 18.0 Å². The molecule has 0 radical (unpaired) electrons. The largest absolute Gasteiger partial charge is 0.329 e. The Hall–Kier alpha value is -1.20. The van der Waals surface area contributed by atoms with Crippen LogP contribution in [0.1, 0.15) is 10.4 Å². The number of thiophene rings is 1. The van der Waals surface area contributed by atoms with Crippen molar-refractivity contribution in [2.24, 2.45) is 5.73 Å². The molecule has 0 saturated carbocycles. The highest BCUT2D eigenvalue weighted by molar-refractivity contribution is 7.18. The minimum absolute atomic E-state index is 0.0206. The standard InChI is InChI=1S/C10H13N3OS/c1-6-7(2)15-9-8(6)10(14)13(4-3-11)5-12-9/h5H,3-4,11H2,1-2H3. The normalized spacial score (nSPS) is 11.1. The second-order valence-electron chi connectivity index (χ2n) is 3.50. The minimum Gasteiger partial charge on any atom is -0.329 e. The molecule has 2 heterocycles. The fraction of sp³-hybridized carbons (Fsp3) is 0.400. The van der Waals surface area contributed by atoms with Crippen molar-refractivity contribution in [3.8, 4) is 0 Å². The maximum Gasteiger partial charge on any atom is 0.262 e. The van der Waals surface area contributed by atoms with Crippen molar-refractivity contribution in [3.63, 3.8) is 0 Å². The second kappa shape index (κ2) is 3.75. The minimum atomic E-state index is 0.0206. The third kappa shape index (κ3) is 1.57. The summed E-state index contributed by atoms with van der Waals surface area (Å²) in [5.74, 6) is 0. The van der Waals surface area contributed by atoms with E-state index in [0.29, 0.717) is 13.1 Å². The molecule has 0 aliphatic heterocycles. The maximum atomic E-state index is 12.0. The summed E-state index contributed by atoms with van der Waals surface area (Å²) in [6.07, 6.45) is 1.58. The molecule has 2 N–H and O–H groups in total. The Morgan fingerprint density at radius 3 is 2.93 bits per heavy atom. The van der Waals surface area contributed by atoms with Crippen LogP contribution in [0.3, 0.4) is 0 Å². The van der Waals surface area contributed by atoms with Gasteiger partial charge in [-0.15, -0.1) is 11.3 Å². The molecule has 0 aliphatic rings. The predicted molar refractivity (Wildman–Crippen MR) is 62.4 cm³/mol. The van der Waals surface area contributed by atoms with Gasteiger partial charge in [-0.05, 0) is 19.4 Å². The number of hydrogen-bond acceptors (Lipinski definition) is 4. The summed E-state index contributed by atoms with van der Waals surface area (Å²) < 4.78 is 1.57. The Labute approximate surface area is 91.4 Å². The van der Waals surface area contributed by atoms with Crippen LogP contribution in [0.15, 0.2) is 11.1 Å². The van der Waals surface area contributed by atoms with Gasteiger partial charge in [0.15, 0.2) is 0 Å². The summed E-state index contributed by atoms with van der Waals surface area (Å²) in [4.78, 5) is 18.3. The monoisotopic (exact) mass is 223 g/mol. The Morgan fingerprint density at radius 2 is 2.27 bits per heavy atom. The molecular weight excluding hydrogens is 210 g/mol. The fourth-order valence-corrected chi connectivity index (χ4v) is 2.56. The molecule has 2 aromatic rings. The molecule has 5 heteroatoms. The van der Waals surface area contributed by atoms with Crippen LogP contribution in [-0.2, 0) is 6.54 Å². The lowest BCUT2D eigenvalue weighted by atomic mass is 10.2. The van der Waals surface area contributed by atoms with E-state index >= 15 is 0 Å². The van der Waals surface area contributed by atoms with Crippen molar-refractivity contribution in [2.45, 2.75) is 20.4 Å². The third-order valence-corrected chi connectivity index (χ3v) is 3.64. The van der Waals surface area contributed by atoms with Gasteiger partial charge in [0.1, 0.15) is 4.83 Å². The molecule has 15 heavy (non-hydrogen) atoms. The quantitative estimate of drug-likeness (QED) is 0.827. The number of rotatable bonds is 2. The van der Waals surface area contributed by atoms with E-state index in [1.807, 2.05) is 13.8 Å². The summed E-state index contributed by atoms with van der Waals surface area (Å²) in [5, 5.41) is 0.744. The van der Waals surface area contributed by atoms with Gasteiger partial charge in [0.25, 0.3) is 5.56 Å². The van der Waals surface area contributed by atoms with Gasteiger partial charge in [0.05, 0.1) is 11.7 Å². The molecule has 0 atom stereocenters. The summed E-state index contributed by atoms with van der Waals surface area (Å²) >= 11 is 1.56. The fourth-order valence-electron chi connectivity index (χ4n) is 1.57. The number of aromatic nitrogens is 2. The number of hydrogen-bond donors (Lipinski definition) is 1. The Bertz CT molecular complexity index is 556. The molecular formula is C10H13N3OS. The van der Waals surface area contributed by atoms with Crippen molar-refractivity contribution >= 4 is 21.6 Å². The van der Waals surface area contributed by atoms with Crippen LogP contribution < -0.4 is 11.3 Å². The van der Waals surface area contributed by atoms with Crippen LogP contribution in [0.2, 0.25) is 0 Å². The van der Waals surface area contributed by atoms with E-state index in [1.54, 1.807) is 22.2 Å². The first-order chi connectivity index (χ1) is 7.15. The summed E-state index contributed by atoms with van der Waals surface area (Å²) in [6, 6.07) is 0. The van der Waals surface area contributed by atoms with E-state index < -0.39 is 0 Å². The Kier molecular flexibility index (Phi) is 2.58. The highest BCUT2D eigenvalue weighted by Gasteiger charge is 2.11. The second-order valence-corrected chi connectivity index (χ2v) is 4.70. The topological polar surface area (TPSA) is 60.9 Å². The van der Waals surface area contributed by atoms with Crippen molar-refractivity contribution < 1.29 is 0 Å². The molecule has 4 nitrogen and oxygen atoms in total. The van der Waals surface area contributed by atoms with Crippen molar-refractivity contribution in [2.75, 3.05) is 6.54 Å². The van der Waals surface area contributed by atoms with Gasteiger partial charge in [-0.25, -0.2) is 4.98 Å². The van der Waals surface area contributed by atoms with Crippen molar-refractivity contribution in [3.05, 3.63) is 27.1 Å². The van der Waals surface area contributed by atoms with Crippen LogP contribution in [0.5, 0.6) is 0 Å². The maximum absolute atomic E-state index is 12.0. The van der Waals surface area contributed by atoms with E-state index in [9.17, 15) is 4.79 Å². The zero-order chi connectivity index (χ0) is 11.0. The first kappa shape index (κ1) is 10.3. The molecule has 2 rings (SSSR count). The number of nitrogens with zero attached hydrogens (tertiary/aromatic N) is 2. The lowest BCUT2D eigenvalue weighted by Gasteiger charge is -2.02. The lowest BCUT2D eigenvalue weighted by molar-refractivity contribution is 0.674. The van der Waals surface area contributed by atoms with Gasteiger partial charge in [-0.2, -0.15) is 0 Å². The highest BCUT2D eigenvalue weighted by atomic mass is 32.1. The molecule has 0 aliphatic carbocycles. The number of nitrogens with two attached hydrogens (primary N) is 1. The van der Waals surface area contributed by atoms with Gasteiger partial charge in [0.2, 0.25) is 0 Å². The molecule has 80 valence electrons. The van der Waals surface area contributed by atoms with Crippen LogP contribution in [0, 0.1) is 13.8 Å². The van der Waals surface area contributed by atoms with E-state index in [-0.39, 0.29) is 5.56 Å². The number of fused-ring (bicyclic) bond motifs is 1. The molecule has 0 bridgehead atoms. The first-order valence-corrected chi connectivity index (χ1v) is 5.62. The molecule has 0 amide bonds. The van der Waals surface area contributed by atoms with Crippen LogP contribution in [-0.4, -0.2) is 16.1 Å². The Balaban J connectivity index is 2.77. The van der Waals surface area contributed by atoms with Gasteiger partial charge in [-0.1, -0.05) is 0 Å². The molecule has 0 saturated heterocycles. The zero-order valence-electron chi connectivity index (χ0n) is 8.78. The van der Waals surface area contributed by atoms with Gasteiger partial charge >= 0.3 is 0 Å². The van der Waals surface area contributed by atoms with Crippen LogP contribution >= 0.6 is 11.3 Å². The average Bonchev–Trinajstić information content (AvgIpc) is 2.49. The Morgan fingerprint density at radius 1 is 1.53 bits per heavy atom. The van der Waals surface area contributed by atoms with E-state index in [4.69, 9.17) is 5.73 Å². The van der Waals surface area contributed by atoms with Crippen molar-refractivity contribution in [1.29, 1.82) is 0 Å². The van der Waals surface area contributed by atoms with Gasteiger partial charge in [-0.3, -0.25) is 9.36 Å². The predicted octanol–water partition coefficient (Wildman–Crippen LogP) is 1.03. The lowest BCUT2D eigenvalue weighted by Crippen LogP contribution is -2.24. The average molecular weight is 223 g/mol. The molecule has 2 aromatic heterocycles. The highest BCUT2D eigenvalue weighted by Crippen LogP contribution is 2.25. The number of aryl methyl sites for hydroxylation is 2. The summed E-state index contributed by atoms with van der Waals surface area (Å²) in [7, 11) is 0. The zero-order valence-corrected chi connectivity index (χ0v) is 9.60. The summed E-state index contributed by atoms with van der Waals surface area (Å²) in [5.41, 5.74) is 6.49. The van der Waals surface area contributed by atoms with E-state index in [0.717, 1.165) is 20.7 Å². The van der Waals surface area contributed by atoms with Crippen LogP contribution in [0.25, 0.3) is 10.2 Å².